The number of piperidine rings is 1. The van der Waals surface area contributed by atoms with Crippen molar-refractivity contribution in [2.75, 3.05) is 13.1 Å². The third-order valence-electron chi connectivity index (χ3n) is 3.30. The van der Waals surface area contributed by atoms with Gasteiger partial charge >= 0.3 is 5.97 Å². The van der Waals surface area contributed by atoms with Crippen LogP contribution < -0.4 is 0 Å². The zero-order chi connectivity index (χ0) is 13.7. The molecule has 2 rings (SSSR count). The Morgan fingerprint density at radius 3 is 2.68 bits per heavy atom. The van der Waals surface area contributed by atoms with E-state index in [4.69, 9.17) is 5.11 Å². The second kappa shape index (κ2) is 6.18. The first kappa shape index (κ1) is 13.3. The van der Waals surface area contributed by atoms with Gasteiger partial charge in [-0.1, -0.05) is 30.3 Å². The third kappa shape index (κ3) is 3.68. The largest absolute Gasteiger partial charge is 0.481 e. The van der Waals surface area contributed by atoms with E-state index in [0.29, 0.717) is 19.5 Å². The molecule has 0 aliphatic carbocycles. The van der Waals surface area contributed by atoms with E-state index in [-0.39, 0.29) is 5.91 Å². The van der Waals surface area contributed by atoms with Gasteiger partial charge in [-0.15, -0.1) is 0 Å². The van der Waals surface area contributed by atoms with Gasteiger partial charge in [-0.05, 0) is 24.5 Å². The van der Waals surface area contributed by atoms with Crippen LogP contribution in [0.2, 0.25) is 0 Å². The maximum absolute atomic E-state index is 12.0. The molecular weight excluding hydrogens is 242 g/mol. The molecule has 4 nitrogen and oxygen atoms in total. The summed E-state index contributed by atoms with van der Waals surface area (Å²) in [6.07, 6.45) is 4.68. The molecule has 1 aromatic rings. The Balaban J connectivity index is 1.96. The van der Waals surface area contributed by atoms with Crippen molar-refractivity contribution in [3.8, 4) is 0 Å². The van der Waals surface area contributed by atoms with Gasteiger partial charge in [0.2, 0.25) is 5.91 Å². The van der Waals surface area contributed by atoms with Crippen LogP contribution in [0.25, 0.3) is 6.08 Å². The van der Waals surface area contributed by atoms with Crippen molar-refractivity contribution in [3.63, 3.8) is 0 Å². The maximum atomic E-state index is 12.0. The van der Waals surface area contributed by atoms with Crippen molar-refractivity contribution in [2.24, 2.45) is 5.92 Å². The number of hydrogen-bond donors (Lipinski definition) is 1. The summed E-state index contributed by atoms with van der Waals surface area (Å²) in [5.41, 5.74) is 0.961. The van der Waals surface area contributed by atoms with Gasteiger partial charge in [0.1, 0.15) is 0 Å². The average molecular weight is 259 g/mol. The second-order valence-electron chi connectivity index (χ2n) is 4.71. The van der Waals surface area contributed by atoms with Crippen LogP contribution in [0.3, 0.4) is 0 Å². The molecule has 0 bridgehead atoms. The lowest BCUT2D eigenvalue weighted by molar-refractivity contribution is -0.144. The highest BCUT2D eigenvalue weighted by Gasteiger charge is 2.26. The highest BCUT2D eigenvalue weighted by molar-refractivity contribution is 5.92. The summed E-state index contributed by atoms with van der Waals surface area (Å²) in [5, 5.41) is 8.99. The topological polar surface area (TPSA) is 57.6 Å². The van der Waals surface area contributed by atoms with Gasteiger partial charge in [0, 0.05) is 19.2 Å². The third-order valence-corrected chi connectivity index (χ3v) is 3.30. The molecule has 1 atom stereocenters. The molecule has 1 aliphatic heterocycles. The first-order chi connectivity index (χ1) is 9.16. The first-order valence-electron chi connectivity index (χ1n) is 6.41. The van der Waals surface area contributed by atoms with Gasteiger partial charge < -0.3 is 10.0 Å². The van der Waals surface area contributed by atoms with Gasteiger partial charge in [-0.2, -0.15) is 0 Å². The number of aliphatic carboxylic acids is 1. The lowest BCUT2D eigenvalue weighted by Gasteiger charge is -2.29. The fraction of sp³-hybridized carbons (Fsp3) is 0.333. The van der Waals surface area contributed by atoms with Crippen molar-refractivity contribution in [1.29, 1.82) is 0 Å². The van der Waals surface area contributed by atoms with Crippen LogP contribution in [-0.4, -0.2) is 35.0 Å². The Morgan fingerprint density at radius 1 is 1.26 bits per heavy atom. The number of carbonyl (C=O) groups excluding carboxylic acids is 1. The minimum atomic E-state index is -0.815. The molecule has 0 spiro atoms. The number of likely N-dealkylation sites (tertiary alicyclic amines) is 1. The maximum Gasteiger partial charge on any atom is 0.308 e. The van der Waals surface area contributed by atoms with Crippen LogP contribution in [0.15, 0.2) is 36.4 Å². The Morgan fingerprint density at radius 2 is 2.00 bits per heavy atom. The first-order valence-corrected chi connectivity index (χ1v) is 6.41. The van der Waals surface area contributed by atoms with Crippen LogP contribution >= 0.6 is 0 Å². The summed E-state index contributed by atoms with van der Waals surface area (Å²) in [6.45, 7) is 0.953. The van der Waals surface area contributed by atoms with Crippen molar-refractivity contribution in [2.45, 2.75) is 12.8 Å². The van der Waals surface area contributed by atoms with Gasteiger partial charge in [0.05, 0.1) is 5.92 Å². The normalized spacial score (nSPS) is 19.6. The number of benzene rings is 1. The van der Waals surface area contributed by atoms with E-state index < -0.39 is 11.9 Å². The van der Waals surface area contributed by atoms with Crippen LogP contribution in [0.4, 0.5) is 0 Å². The fourth-order valence-electron chi connectivity index (χ4n) is 2.22. The highest BCUT2D eigenvalue weighted by atomic mass is 16.4. The van der Waals surface area contributed by atoms with Crippen molar-refractivity contribution < 1.29 is 14.7 Å². The van der Waals surface area contributed by atoms with E-state index in [0.717, 1.165) is 12.0 Å². The molecule has 0 aromatic heterocycles. The van der Waals surface area contributed by atoms with Crippen molar-refractivity contribution in [1.82, 2.24) is 4.90 Å². The zero-order valence-corrected chi connectivity index (χ0v) is 10.7. The quantitative estimate of drug-likeness (QED) is 0.845. The molecule has 0 radical (unpaired) electrons. The van der Waals surface area contributed by atoms with E-state index in [1.165, 1.54) is 6.08 Å². The monoisotopic (exact) mass is 259 g/mol. The lowest BCUT2D eigenvalue weighted by atomic mass is 9.98. The number of carboxylic acids is 1. The molecule has 1 saturated heterocycles. The molecule has 100 valence electrons. The van der Waals surface area contributed by atoms with E-state index in [9.17, 15) is 9.59 Å². The summed E-state index contributed by atoms with van der Waals surface area (Å²) < 4.78 is 0. The van der Waals surface area contributed by atoms with Gasteiger partial charge in [-0.3, -0.25) is 9.59 Å². The molecule has 1 heterocycles. The van der Waals surface area contributed by atoms with Crippen LogP contribution in [-0.2, 0) is 9.59 Å². The van der Waals surface area contributed by atoms with E-state index in [1.807, 2.05) is 30.3 Å². The predicted octanol–water partition coefficient (Wildman–Crippen LogP) is 2.02. The number of amides is 1. The Kier molecular flexibility index (Phi) is 4.34. The molecule has 1 N–H and O–H groups in total. The van der Waals surface area contributed by atoms with Gasteiger partial charge in [0.25, 0.3) is 0 Å². The molecule has 19 heavy (non-hydrogen) atoms. The minimum absolute atomic E-state index is 0.116. The fourth-order valence-corrected chi connectivity index (χ4v) is 2.22. The Labute approximate surface area is 112 Å². The van der Waals surface area contributed by atoms with Crippen molar-refractivity contribution >= 4 is 18.0 Å². The number of carboxylic acid groups (broad SMARTS) is 1. The molecular formula is C15H17NO3. The molecule has 4 heteroatoms. The van der Waals surface area contributed by atoms with Crippen LogP contribution in [0, 0.1) is 5.92 Å². The number of nitrogens with zero attached hydrogens (tertiary/aromatic N) is 1. The van der Waals surface area contributed by atoms with E-state index >= 15 is 0 Å². The van der Waals surface area contributed by atoms with Crippen LogP contribution in [0.1, 0.15) is 18.4 Å². The average Bonchev–Trinajstić information content (AvgIpc) is 2.46. The summed E-state index contributed by atoms with van der Waals surface area (Å²) in [5.74, 6) is -1.36. The van der Waals surface area contributed by atoms with Gasteiger partial charge in [-0.25, -0.2) is 0 Å². The second-order valence-corrected chi connectivity index (χ2v) is 4.71. The summed E-state index contributed by atoms with van der Waals surface area (Å²) in [4.78, 5) is 24.5. The number of carbonyl (C=O) groups is 2. The zero-order valence-electron chi connectivity index (χ0n) is 10.7. The molecule has 1 unspecified atom stereocenters. The molecule has 0 saturated carbocycles. The van der Waals surface area contributed by atoms with Gasteiger partial charge in [0.15, 0.2) is 0 Å². The minimum Gasteiger partial charge on any atom is -0.481 e. The van der Waals surface area contributed by atoms with Crippen molar-refractivity contribution in [3.05, 3.63) is 42.0 Å². The number of rotatable bonds is 3. The van der Waals surface area contributed by atoms with E-state index in [2.05, 4.69) is 0 Å². The molecule has 1 aliphatic rings. The SMILES string of the molecule is O=C(O)C1CCCN(C(=O)/C=C/c2ccccc2)C1. The standard InChI is InChI=1S/C15H17NO3/c17-14(9-8-12-5-2-1-3-6-12)16-10-4-7-13(11-16)15(18)19/h1-3,5-6,8-9,13H,4,7,10-11H2,(H,18,19)/b9-8+. The predicted molar refractivity (Wildman–Crippen MR) is 72.4 cm³/mol. The summed E-state index contributed by atoms with van der Waals surface area (Å²) in [6, 6.07) is 9.57. The molecule has 1 fully saturated rings. The molecule has 1 amide bonds. The Hall–Kier alpha value is -2.10. The van der Waals surface area contributed by atoms with Crippen LogP contribution in [0.5, 0.6) is 0 Å². The highest BCUT2D eigenvalue weighted by Crippen LogP contribution is 2.17. The van der Waals surface area contributed by atoms with E-state index in [1.54, 1.807) is 11.0 Å². The Bertz CT molecular complexity index is 481. The smallest absolute Gasteiger partial charge is 0.308 e. The summed E-state index contributed by atoms with van der Waals surface area (Å²) >= 11 is 0. The molecule has 1 aromatic carbocycles. The number of hydrogen-bond acceptors (Lipinski definition) is 2. The summed E-state index contributed by atoms with van der Waals surface area (Å²) in [7, 11) is 0. The lowest BCUT2D eigenvalue weighted by Crippen LogP contribution is -2.41.